The Morgan fingerprint density at radius 1 is 0.926 bits per heavy atom. The minimum absolute atomic E-state index is 0.0668. The predicted octanol–water partition coefficient (Wildman–Crippen LogP) is 15.0. The van der Waals surface area contributed by atoms with E-state index in [1.54, 1.807) is 0 Å². The van der Waals surface area contributed by atoms with E-state index in [0.717, 1.165) is 42.6 Å². The molecule has 5 aromatic rings. The lowest BCUT2D eigenvalue weighted by molar-refractivity contribution is 0.649. The van der Waals surface area contributed by atoms with Crippen molar-refractivity contribution in [3.8, 4) is 0 Å². The fraction of sp³-hybridized carbons (Fsp3) is 0.294. The van der Waals surface area contributed by atoms with Crippen LogP contribution in [0.25, 0.3) is 32.9 Å². The van der Waals surface area contributed by atoms with Gasteiger partial charge < -0.3 is 0 Å². The van der Waals surface area contributed by atoms with Crippen LogP contribution in [0.2, 0.25) is 0 Å². The summed E-state index contributed by atoms with van der Waals surface area (Å²) in [6, 6.07) is 25.7. The second-order valence-electron chi connectivity index (χ2n) is 14.6. The Bertz CT molecular complexity index is 2220. The zero-order chi connectivity index (χ0) is 38.8. The first-order valence-electron chi connectivity index (χ1n) is 19.7. The molecule has 54 heavy (non-hydrogen) atoms. The van der Waals surface area contributed by atoms with Gasteiger partial charge in [-0.2, -0.15) is 0 Å². The van der Waals surface area contributed by atoms with Crippen LogP contribution in [0.1, 0.15) is 132 Å². The Kier molecular flexibility index (Phi) is 13.8. The third kappa shape index (κ3) is 8.74. The fourth-order valence-electron chi connectivity index (χ4n) is 7.51. The van der Waals surface area contributed by atoms with Crippen molar-refractivity contribution >= 4 is 44.2 Å². The molecular weight excluding hydrogens is 673 g/mol. The molecule has 3 aromatic heterocycles. The summed E-state index contributed by atoms with van der Waals surface area (Å²) >= 11 is 1.87. The Morgan fingerprint density at radius 3 is 2.31 bits per heavy atom. The highest BCUT2D eigenvalue weighted by molar-refractivity contribution is 7.20. The summed E-state index contributed by atoms with van der Waals surface area (Å²) in [5.41, 5.74) is 15.7. The third-order valence-electron chi connectivity index (χ3n) is 10.6. The van der Waals surface area contributed by atoms with Crippen LogP contribution in [0.15, 0.2) is 133 Å². The van der Waals surface area contributed by atoms with Crippen molar-refractivity contribution < 1.29 is 0 Å². The third-order valence-corrected chi connectivity index (χ3v) is 11.8. The Balaban J connectivity index is 0.000000227. The number of pyridine rings is 2. The van der Waals surface area contributed by atoms with Crippen LogP contribution in [0.3, 0.4) is 0 Å². The van der Waals surface area contributed by atoms with Gasteiger partial charge in [0.25, 0.3) is 0 Å². The smallest absolute Gasteiger partial charge is 0.0658 e. The first-order chi connectivity index (χ1) is 26.1. The number of nitrogens with zero attached hydrogens (tertiary/aromatic N) is 2. The van der Waals surface area contributed by atoms with Gasteiger partial charge in [-0.25, -0.2) is 0 Å². The van der Waals surface area contributed by atoms with E-state index in [9.17, 15) is 0 Å². The molecule has 2 aliphatic rings. The molecular formula is C51H58N2S. The number of benzene rings is 2. The molecule has 0 saturated carbocycles. The summed E-state index contributed by atoms with van der Waals surface area (Å²) in [4.78, 5) is 9.95. The van der Waals surface area contributed by atoms with E-state index >= 15 is 0 Å². The highest BCUT2D eigenvalue weighted by Gasteiger charge is 2.39. The van der Waals surface area contributed by atoms with Crippen LogP contribution in [0, 0.1) is 0 Å². The topological polar surface area (TPSA) is 25.8 Å². The highest BCUT2D eigenvalue weighted by atomic mass is 32.1. The highest BCUT2D eigenvalue weighted by Crippen LogP contribution is 2.53. The summed E-state index contributed by atoms with van der Waals surface area (Å²) in [5.74, 6) is 0.489. The van der Waals surface area contributed by atoms with E-state index in [-0.39, 0.29) is 5.41 Å². The summed E-state index contributed by atoms with van der Waals surface area (Å²) in [6.07, 6.45) is 21.6. The van der Waals surface area contributed by atoms with E-state index in [2.05, 4.69) is 131 Å². The Labute approximate surface area is 329 Å². The normalized spacial score (nSPS) is 15.3. The van der Waals surface area contributed by atoms with E-state index in [1.807, 2.05) is 74.0 Å². The van der Waals surface area contributed by atoms with Crippen molar-refractivity contribution in [1.29, 1.82) is 0 Å². The number of rotatable bonds is 9. The lowest BCUT2D eigenvalue weighted by atomic mass is 9.78. The molecule has 7 rings (SSSR count). The average Bonchev–Trinajstić information content (AvgIpc) is 3.69. The molecule has 0 amide bonds. The number of allylic oxidation sites excluding steroid dienone is 9. The molecule has 1 atom stereocenters. The van der Waals surface area contributed by atoms with Gasteiger partial charge in [0.15, 0.2) is 0 Å². The maximum Gasteiger partial charge on any atom is 0.0658 e. The van der Waals surface area contributed by atoms with Gasteiger partial charge in [0.05, 0.1) is 5.69 Å². The van der Waals surface area contributed by atoms with Crippen LogP contribution < -0.4 is 0 Å². The van der Waals surface area contributed by atoms with E-state index < -0.39 is 0 Å². The monoisotopic (exact) mass is 730 g/mol. The van der Waals surface area contributed by atoms with Crippen molar-refractivity contribution in [2.45, 2.75) is 99.3 Å². The number of hydrogen-bond donors (Lipinski definition) is 0. The van der Waals surface area contributed by atoms with Crippen molar-refractivity contribution in [3.05, 3.63) is 177 Å². The molecule has 3 heterocycles. The first-order valence-corrected chi connectivity index (χ1v) is 20.6. The minimum Gasteiger partial charge on any atom is -0.261 e. The molecule has 2 nitrogen and oxygen atoms in total. The van der Waals surface area contributed by atoms with Crippen molar-refractivity contribution in [1.82, 2.24) is 9.97 Å². The van der Waals surface area contributed by atoms with E-state index in [0.29, 0.717) is 5.92 Å². The molecule has 0 aliphatic heterocycles. The van der Waals surface area contributed by atoms with Crippen LogP contribution in [-0.4, -0.2) is 9.97 Å². The van der Waals surface area contributed by atoms with Gasteiger partial charge in [-0.05, 0) is 127 Å². The molecule has 0 bridgehead atoms. The van der Waals surface area contributed by atoms with Gasteiger partial charge in [-0.15, -0.1) is 11.3 Å². The van der Waals surface area contributed by atoms with E-state index in [4.69, 9.17) is 6.58 Å². The van der Waals surface area contributed by atoms with Gasteiger partial charge in [0, 0.05) is 50.5 Å². The zero-order valence-electron chi connectivity index (χ0n) is 34.0. The lowest BCUT2D eigenvalue weighted by Gasteiger charge is -2.25. The molecule has 0 N–H and O–H groups in total. The SMILES string of the molecule is C=C(c1cc2c(cc1C(C)CC)C(C)(C)C1=CCCC=C12)c1sc2ccccc2c1/C=C\C.CC.CC(=C/Cc1ccccn1)/C=C(\C)c1ccccn1. The molecule has 2 aliphatic carbocycles. The molecule has 2 aromatic carbocycles. The summed E-state index contributed by atoms with van der Waals surface area (Å²) in [6.45, 7) is 24.5. The van der Waals surface area contributed by atoms with Gasteiger partial charge >= 0.3 is 0 Å². The fourth-order valence-corrected chi connectivity index (χ4v) is 8.69. The number of thiophene rings is 1. The number of aromatic nitrogens is 2. The van der Waals surface area contributed by atoms with Gasteiger partial charge in [-0.1, -0.05) is 127 Å². The summed E-state index contributed by atoms with van der Waals surface area (Å²) < 4.78 is 1.33. The largest absolute Gasteiger partial charge is 0.261 e. The quantitative estimate of drug-likeness (QED) is 0.141. The van der Waals surface area contributed by atoms with E-state index in [1.165, 1.54) is 65.1 Å². The predicted molar refractivity (Wildman–Crippen MR) is 239 cm³/mol. The van der Waals surface area contributed by atoms with Crippen molar-refractivity contribution in [3.63, 3.8) is 0 Å². The Morgan fingerprint density at radius 2 is 1.63 bits per heavy atom. The van der Waals surface area contributed by atoms with Gasteiger partial charge in [-0.3, -0.25) is 9.97 Å². The van der Waals surface area contributed by atoms with Gasteiger partial charge in [0.2, 0.25) is 0 Å². The molecule has 0 spiro atoms. The second kappa shape index (κ2) is 18.5. The molecule has 0 saturated heterocycles. The number of fused-ring (bicyclic) bond motifs is 4. The molecule has 278 valence electrons. The molecule has 1 unspecified atom stereocenters. The molecule has 3 heteroatoms. The van der Waals surface area contributed by atoms with Crippen molar-refractivity contribution in [2.24, 2.45) is 0 Å². The van der Waals surface area contributed by atoms with Gasteiger partial charge in [0.1, 0.15) is 0 Å². The van der Waals surface area contributed by atoms with Crippen LogP contribution in [-0.2, 0) is 11.8 Å². The maximum atomic E-state index is 4.72. The maximum absolute atomic E-state index is 4.72. The number of hydrogen-bond acceptors (Lipinski definition) is 3. The average molecular weight is 731 g/mol. The summed E-state index contributed by atoms with van der Waals surface area (Å²) in [7, 11) is 0. The lowest BCUT2D eigenvalue weighted by Crippen LogP contribution is -2.16. The minimum atomic E-state index is 0.0668. The molecule has 0 fully saturated rings. The Hall–Kier alpha value is -4.86. The second-order valence-corrected chi connectivity index (χ2v) is 15.6. The standard InChI is InChI=1S/C32H34S.C17H18N2.C2H6/c1-7-13-24-23-15-10-12-17-30(23)33-31(24)21(4)26-18-27-22-14-9-11-16-28(22)32(5,6)29(27)19-25(26)20(3)8-2;1-14(9-10-16-7-3-5-11-18-16)13-15(2)17-8-4-6-12-19-17;1-2/h7,10,12-20H,4,8-9,11H2,1-3,5-6H3;3-9,11-13H,10H2,1-2H3;1-2H3/b13-7-;14-9-,15-13+;. The van der Waals surface area contributed by atoms with Crippen molar-refractivity contribution in [2.75, 3.05) is 0 Å². The van der Waals surface area contributed by atoms with Crippen LogP contribution in [0.5, 0.6) is 0 Å². The van der Waals surface area contributed by atoms with Crippen LogP contribution >= 0.6 is 11.3 Å². The molecule has 0 radical (unpaired) electrons. The first kappa shape index (κ1) is 40.3. The summed E-state index contributed by atoms with van der Waals surface area (Å²) in [5, 5.41) is 1.32. The van der Waals surface area contributed by atoms with Crippen LogP contribution in [0.4, 0.5) is 0 Å². The zero-order valence-corrected chi connectivity index (χ0v) is 34.8.